The molecule has 0 radical (unpaired) electrons. The van der Waals surface area contributed by atoms with E-state index in [0.29, 0.717) is 0 Å². The first-order valence-corrected chi connectivity index (χ1v) is 9.30. The smallest absolute Gasteiger partial charge is 0.273 e. The minimum absolute atomic E-state index is 0.0155. The average Bonchev–Trinajstić information content (AvgIpc) is 3.59. The van der Waals surface area contributed by atoms with Gasteiger partial charge in [-0.2, -0.15) is 0 Å². The summed E-state index contributed by atoms with van der Waals surface area (Å²) in [5, 5.41) is 13.7. The van der Waals surface area contributed by atoms with Gasteiger partial charge >= 0.3 is 0 Å². The number of benzene rings is 1. The molecule has 0 atom stereocenters. The van der Waals surface area contributed by atoms with Crippen LogP contribution in [0.15, 0.2) is 28.9 Å². The van der Waals surface area contributed by atoms with Gasteiger partial charge in [-0.05, 0) is 31.7 Å². The number of oxazole rings is 1. The SMILES string of the molecule is O=C(NC1CC1)c1coc(CN(C(=O)c2ccc([N+](=O)[O-])cc2Cl)C2CC2)n1. The lowest BCUT2D eigenvalue weighted by Gasteiger charge is -2.21. The van der Waals surface area contributed by atoms with E-state index in [0.717, 1.165) is 31.7 Å². The average molecular weight is 405 g/mol. The van der Waals surface area contributed by atoms with Crippen molar-refractivity contribution >= 4 is 29.1 Å². The summed E-state index contributed by atoms with van der Waals surface area (Å²) in [6.45, 7) is 0.0908. The van der Waals surface area contributed by atoms with E-state index >= 15 is 0 Å². The first kappa shape index (κ1) is 18.4. The van der Waals surface area contributed by atoms with Crippen LogP contribution in [0.5, 0.6) is 0 Å². The van der Waals surface area contributed by atoms with Crippen molar-refractivity contribution in [2.24, 2.45) is 0 Å². The lowest BCUT2D eigenvalue weighted by molar-refractivity contribution is -0.384. The van der Waals surface area contributed by atoms with Crippen LogP contribution in [0.1, 0.15) is 52.4 Å². The van der Waals surface area contributed by atoms with Crippen LogP contribution >= 0.6 is 11.6 Å². The van der Waals surface area contributed by atoms with Crippen molar-refractivity contribution in [1.29, 1.82) is 0 Å². The zero-order valence-corrected chi connectivity index (χ0v) is 15.5. The standard InChI is InChI=1S/C18H17ClN4O5/c19-14-7-12(23(26)27)5-6-13(14)18(25)22(11-3-4-11)8-16-21-15(9-28-16)17(24)20-10-1-2-10/h5-7,9-11H,1-4,8H2,(H,20,24). The number of rotatable bonds is 7. The van der Waals surface area contributed by atoms with Crippen molar-refractivity contribution in [3.05, 3.63) is 56.7 Å². The number of halogens is 1. The predicted molar refractivity (Wildman–Crippen MR) is 98.0 cm³/mol. The summed E-state index contributed by atoms with van der Waals surface area (Å²) < 4.78 is 5.37. The van der Waals surface area contributed by atoms with E-state index in [4.69, 9.17) is 16.0 Å². The molecule has 0 saturated heterocycles. The molecule has 1 heterocycles. The van der Waals surface area contributed by atoms with E-state index in [-0.39, 0.29) is 58.3 Å². The zero-order chi connectivity index (χ0) is 19.8. The maximum absolute atomic E-state index is 12.9. The van der Waals surface area contributed by atoms with Gasteiger partial charge in [0.2, 0.25) is 5.89 Å². The number of hydrogen-bond acceptors (Lipinski definition) is 6. The van der Waals surface area contributed by atoms with Gasteiger partial charge in [0.15, 0.2) is 5.69 Å². The second-order valence-corrected chi connectivity index (χ2v) is 7.37. The van der Waals surface area contributed by atoms with Gasteiger partial charge in [0.05, 0.1) is 22.1 Å². The zero-order valence-electron chi connectivity index (χ0n) is 14.8. The van der Waals surface area contributed by atoms with Crippen LogP contribution in [0.25, 0.3) is 0 Å². The molecule has 10 heteroatoms. The highest BCUT2D eigenvalue weighted by Gasteiger charge is 2.35. The van der Waals surface area contributed by atoms with Crippen molar-refractivity contribution in [3.63, 3.8) is 0 Å². The second kappa shape index (κ2) is 7.23. The van der Waals surface area contributed by atoms with E-state index < -0.39 is 4.92 Å². The summed E-state index contributed by atoms with van der Waals surface area (Å²) in [7, 11) is 0. The Labute approximate surface area is 164 Å². The highest BCUT2D eigenvalue weighted by Crippen LogP contribution is 2.32. The summed E-state index contributed by atoms with van der Waals surface area (Å²) in [5.41, 5.74) is 0.175. The van der Waals surface area contributed by atoms with Gasteiger partial charge < -0.3 is 14.6 Å². The highest BCUT2D eigenvalue weighted by molar-refractivity contribution is 6.34. The number of carbonyl (C=O) groups excluding carboxylic acids is 2. The summed E-state index contributed by atoms with van der Waals surface area (Å²) in [4.78, 5) is 41.0. The summed E-state index contributed by atoms with van der Waals surface area (Å²) >= 11 is 6.10. The van der Waals surface area contributed by atoms with E-state index in [9.17, 15) is 19.7 Å². The van der Waals surface area contributed by atoms with Crippen LogP contribution in [-0.2, 0) is 6.54 Å². The molecular weight excluding hydrogens is 388 g/mol. The van der Waals surface area contributed by atoms with Crippen molar-refractivity contribution in [3.8, 4) is 0 Å². The number of nitro benzene ring substituents is 1. The van der Waals surface area contributed by atoms with Gasteiger partial charge in [-0.3, -0.25) is 19.7 Å². The molecule has 4 rings (SSSR count). The largest absolute Gasteiger partial charge is 0.446 e. The van der Waals surface area contributed by atoms with Gasteiger partial charge in [0, 0.05) is 24.2 Å². The Morgan fingerprint density at radius 1 is 1.32 bits per heavy atom. The monoisotopic (exact) mass is 404 g/mol. The molecule has 2 saturated carbocycles. The summed E-state index contributed by atoms with van der Waals surface area (Å²) in [5.74, 6) is -0.399. The van der Waals surface area contributed by atoms with Crippen molar-refractivity contribution in [1.82, 2.24) is 15.2 Å². The minimum atomic E-state index is -0.570. The van der Waals surface area contributed by atoms with Gasteiger partial charge in [-0.15, -0.1) is 0 Å². The minimum Gasteiger partial charge on any atom is -0.446 e. The summed E-state index contributed by atoms with van der Waals surface area (Å²) in [6, 6.07) is 3.99. The Kier molecular flexibility index (Phi) is 4.76. The molecular formula is C18H17ClN4O5. The Morgan fingerprint density at radius 2 is 2.07 bits per heavy atom. The van der Waals surface area contributed by atoms with Crippen LogP contribution in [0.3, 0.4) is 0 Å². The predicted octanol–water partition coefficient (Wildman–Crippen LogP) is 2.93. The van der Waals surface area contributed by atoms with Crippen LogP contribution in [0.2, 0.25) is 5.02 Å². The van der Waals surface area contributed by atoms with Crippen molar-refractivity contribution in [2.45, 2.75) is 44.3 Å². The topological polar surface area (TPSA) is 119 Å². The fourth-order valence-electron chi connectivity index (χ4n) is 2.82. The molecule has 0 spiro atoms. The fraction of sp³-hybridized carbons (Fsp3) is 0.389. The Morgan fingerprint density at radius 3 is 2.68 bits per heavy atom. The molecule has 9 nitrogen and oxygen atoms in total. The van der Waals surface area contributed by atoms with Crippen LogP contribution in [0.4, 0.5) is 5.69 Å². The van der Waals surface area contributed by atoms with E-state index in [1.54, 1.807) is 4.90 Å². The second-order valence-electron chi connectivity index (χ2n) is 6.96. The first-order chi connectivity index (χ1) is 13.4. The van der Waals surface area contributed by atoms with Gasteiger partial charge in [0.25, 0.3) is 17.5 Å². The quantitative estimate of drug-likeness (QED) is 0.559. The molecule has 0 bridgehead atoms. The van der Waals surface area contributed by atoms with Crippen LogP contribution in [0, 0.1) is 10.1 Å². The number of nitro groups is 1. The molecule has 2 aliphatic carbocycles. The van der Waals surface area contributed by atoms with E-state index in [1.165, 1.54) is 18.4 Å². The van der Waals surface area contributed by atoms with Crippen LogP contribution < -0.4 is 5.32 Å². The third kappa shape index (κ3) is 3.99. The lowest BCUT2D eigenvalue weighted by Crippen LogP contribution is -2.33. The Bertz CT molecular complexity index is 951. The van der Waals surface area contributed by atoms with Gasteiger partial charge in [-0.1, -0.05) is 11.6 Å². The number of nitrogens with zero attached hydrogens (tertiary/aromatic N) is 3. The Balaban J connectivity index is 1.50. The van der Waals surface area contributed by atoms with Gasteiger partial charge in [0.1, 0.15) is 6.26 Å². The molecule has 2 aromatic rings. The van der Waals surface area contributed by atoms with Crippen LogP contribution in [-0.4, -0.2) is 38.7 Å². The molecule has 2 aliphatic rings. The first-order valence-electron chi connectivity index (χ1n) is 8.92. The maximum Gasteiger partial charge on any atom is 0.273 e. The Hall–Kier alpha value is -2.94. The third-order valence-corrected chi connectivity index (χ3v) is 4.96. The number of carbonyl (C=O) groups is 2. The molecule has 146 valence electrons. The molecule has 0 aliphatic heterocycles. The number of aromatic nitrogens is 1. The fourth-order valence-corrected chi connectivity index (χ4v) is 3.07. The number of amides is 2. The van der Waals surface area contributed by atoms with E-state index in [1.807, 2.05) is 0 Å². The molecule has 1 aromatic carbocycles. The third-order valence-electron chi connectivity index (χ3n) is 4.64. The van der Waals surface area contributed by atoms with Gasteiger partial charge in [-0.25, -0.2) is 4.98 Å². The number of hydrogen-bond donors (Lipinski definition) is 1. The number of nitrogens with one attached hydrogen (secondary N) is 1. The lowest BCUT2D eigenvalue weighted by atomic mass is 10.1. The molecule has 1 aromatic heterocycles. The molecule has 2 fully saturated rings. The summed E-state index contributed by atoms with van der Waals surface area (Å²) in [6.07, 6.45) is 4.90. The normalized spacial score (nSPS) is 15.9. The highest BCUT2D eigenvalue weighted by atomic mass is 35.5. The molecule has 28 heavy (non-hydrogen) atoms. The molecule has 0 unspecified atom stereocenters. The molecule has 2 amide bonds. The molecule has 1 N–H and O–H groups in total. The van der Waals surface area contributed by atoms with E-state index in [2.05, 4.69) is 10.3 Å². The van der Waals surface area contributed by atoms with Crippen molar-refractivity contribution in [2.75, 3.05) is 0 Å². The number of non-ortho nitro benzene ring substituents is 1. The maximum atomic E-state index is 12.9. The van der Waals surface area contributed by atoms with Crippen molar-refractivity contribution < 1.29 is 18.9 Å².